The molecule has 1 heterocycles. The van der Waals surface area contributed by atoms with Gasteiger partial charge in [0.25, 0.3) is 5.91 Å². The van der Waals surface area contributed by atoms with Gasteiger partial charge in [0.15, 0.2) is 0 Å². The van der Waals surface area contributed by atoms with Gasteiger partial charge in [0, 0.05) is 7.05 Å². The fraction of sp³-hybridized carbons (Fsp3) is 0.105. The van der Waals surface area contributed by atoms with Crippen molar-refractivity contribution in [1.82, 2.24) is 4.90 Å². The number of carboxylic acids is 1. The second-order valence-corrected chi connectivity index (χ2v) is 7.80. The molecular formula is C19H14ClNO4S2. The number of benzene rings is 2. The Morgan fingerprint density at radius 1 is 1.30 bits per heavy atom. The Morgan fingerprint density at radius 2 is 2.00 bits per heavy atom. The van der Waals surface area contributed by atoms with Crippen molar-refractivity contribution in [2.45, 2.75) is 6.61 Å². The highest BCUT2D eigenvalue weighted by Gasteiger charge is 2.28. The van der Waals surface area contributed by atoms with Crippen LogP contribution in [0.4, 0.5) is 0 Å². The lowest BCUT2D eigenvalue weighted by Gasteiger charge is -2.09. The highest BCUT2D eigenvalue weighted by atomic mass is 35.5. The highest BCUT2D eigenvalue weighted by Crippen LogP contribution is 2.33. The number of hydrogen-bond donors (Lipinski definition) is 1. The van der Waals surface area contributed by atoms with Crippen LogP contribution in [0.15, 0.2) is 47.4 Å². The Hall–Kier alpha value is -2.35. The molecule has 0 aromatic heterocycles. The van der Waals surface area contributed by atoms with E-state index in [0.29, 0.717) is 20.0 Å². The third-order valence-electron chi connectivity index (χ3n) is 3.84. The first-order chi connectivity index (χ1) is 12.8. The number of hydrogen-bond acceptors (Lipinski definition) is 5. The molecule has 1 fully saturated rings. The Balaban J connectivity index is 1.69. The summed E-state index contributed by atoms with van der Waals surface area (Å²) in [6, 6.07) is 11.7. The van der Waals surface area contributed by atoms with Crippen LogP contribution in [-0.4, -0.2) is 33.3 Å². The van der Waals surface area contributed by atoms with Crippen LogP contribution < -0.4 is 4.74 Å². The van der Waals surface area contributed by atoms with Crippen molar-refractivity contribution in [2.24, 2.45) is 0 Å². The largest absolute Gasteiger partial charge is 0.487 e. The van der Waals surface area contributed by atoms with Crippen molar-refractivity contribution in [2.75, 3.05) is 7.05 Å². The first-order valence-corrected chi connectivity index (χ1v) is 9.41. The molecule has 1 aliphatic rings. The third-order valence-corrected chi connectivity index (χ3v) is 5.62. The molecular weight excluding hydrogens is 406 g/mol. The van der Waals surface area contributed by atoms with Crippen molar-refractivity contribution < 1.29 is 19.4 Å². The van der Waals surface area contributed by atoms with Crippen LogP contribution >= 0.6 is 35.6 Å². The number of thioether (sulfide) groups is 1. The predicted molar refractivity (Wildman–Crippen MR) is 110 cm³/mol. The van der Waals surface area contributed by atoms with E-state index in [1.54, 1.807) is 43.5 Å². The first-order valence-electron chi connectivity index (χ1n) is 7.81. The van der Waals surface area contributed by atoms with Crippen LogP contribution in [0.25, 0.3) is 6.08 Å². The van der Waals surface area contributed by atoms with E-state index >= 15 is 0 Å². The van der Waals surface area contributed by atoms with Crippen molar-refractivity contribution >= 4 is 57.9 Å². The van der Waals surface area contributed by atoms with Gasteiger partial charge in [0.05, 0.1) is 15.5 Å². The molecule has 0 saturated carbocycles. The average Bonchev–Trinajstić information content (AvgIpc) is 2.88. The van der Waals surface area contributed by atoms with Gasteiger partial charge in [-0.15, -0.1) is 0 Å². The minimum absolute atomic E-state index is 0.133. The summed E-state index contributed by atoms with van der Waals surface area (Å²) in [5, 5.41) is 9.32. The van der Waals surface area contributed by atoms with E-state index in [2.05, 4.69) is 0 Å². The Kier molecular flexibility index (Phi) is 5.84. The van der Waals surface area contributed by atoms with E-state index < -0.39 is 5.97 Å². The van der Waals surface area contributed by atoms with E-state index in [0.717, 1.165) is 11.1 Å². The molecule has 138 valence electrons. The Labute approximate surface area is 170 Å². The summed E-state index contributed by atoms with van der Waals surface area (Å²) in [6.07, 6.45) is 1.74. The molecule has 0 radical (unpaired) electrons. The van der Waals surface area contributed by atoms with Crippen molar-refractivity contribution in [3.05, 3.63) is 69.1 Å². The second-order valence-electron chi connectivity index (χ2n) is 5.72. The van der Waals surface area contributed by atoms with Crippen LogP contribution in [-0.2, 0) is 11.4 Å². The molecule has 3 rings (SSSR count). The molecule has 1 saturated heterocycles. The van der Waals surface area contributed by atoms with Crippen molar-refractivity contribution in [3.8, 4) is 5.75 Å². The summed E-state index contributed by atoms with van der Waals surface area (Å²) in [4.78, 5) is 24.9. The molecule has 1 N–H and O–H groups in total. The summed E-state index contributed by atoms with van der Waals surface area (Å²) >= 11 is 12.6. The molecule has 2 aromatic rings. The van der Waals surface area contributed by atoms with Gasteiger partial charge in [-0.2, -0.15) is 0 Å². The van der Waals surface area contributed by atoms with Gasteiger partial charge in [-0.05, 0) is 41.5 Å². The highest BCUT2D eigenvalue weighted by molar-refractivity contribution is 8.26. The maximum absolute atomic E-state index is 12.1. The zero-order valence-electron chi connectivity index (χ0n) is 14.1. The standard InChI is InChI=1S/C19H14ClNO4S2/c1-21-17(22)16(27-19(21)26)9-12-4-7-15(14(20)8-12)25-10-11-2-5-13(6-3-11)18(23)24/h2-9H,10H2,1H3,(H,23,24)/b16-9+. The third kappa shape index (κ3) is 4.50. The van der Waals surface area contributed by atoms with Crippen LogP contribution in [0.1, 0.15) is 21.5 Å². The Bertz CT molecular complexity index is 957. The van der Waals surface area contributed by atoms with Gasteiger partial charge < -0.3 is 9.84 Å². The van der Waals surface area contributed by atoms with E-state index in [1.807, 2.05) is 0 Å². The Morgan fingerprint density at radius 3 is 2.56 bits per heavy atom. The molecule has 27 heavy (non-hydrogen) atoms. The molecule has 8 heteroatoms. The van der Waals surface area contributed by atoms with Crippen molar-refractivity contribution in [3.63, 3.8) is 0 Å². The summed E-state index contributed by atoms with van der Waals surface area (Å²) < 4.78 is 6.22. The SMILES string of the molecule is CN1C(=O)/C(=C\c2ccc(OCc3ccc(C(=O)O)cc3)c(Cl)c2)SC1=S. The van der Waals surface area contributed by atoms with Gasteiger partial charge in [-0.3, -0.25) is 9.69 Å². The summed E-state index contributed by atoms with van der Waals surface area (Å²) in [7, 11) is 1.64. The number of nitrogens with zero attached hydrogens (tertiary/aromatic N) is 1. The van der Waals surface area contributed by atoms with Crippen LogP contribution in [0.3, 0.4) is 0 Å². The lowest BCUT2D eigenvalue weighted by atomic mass is 10.1. The van der Waals surface area contributed by atoms with E-state index in [9.17, 15) is 9.59 Å². The fourth-order valence-corrected chi connectivity index (χ4v) is 3.75. The molecule has 1 amide bonds. The normalized spacial score (nSPS) is 15.5. The average molecular weight is 420 g/mol. The number of halogens is 1. The first kappa shape index (κ1) is 19.4. The number of likely N-dealkylation sites (N-methyl/N-ethyl adjacent to an activating group) is 1. The van der Waals surface area contributed by atoms with Crippen LogP contribution in [0.2, 0.25) is 5.02 Å². The van der Waals surface area contributed by atoms with Crippen LogP contribution in [0, 0.1) is 0 Å². The van der Waals surface area contributed by atoms with Gasteiger partial charge >= 0.3 is 5.97 Å². The maximum atomic E-state index is 12.1. The molecule has 1 aliphatic heterocycles. The molecule has 0 unspecified atom stereocenters. The lowest BCUT2D eigenvalue weighted by molar-refractivity contribution is -0.121. The number of carbonyl (C=O) groups is 2. The molecule has 0 atom stereocenters. The molecule has 0 aliphatic carbocycles. The summed E-state index contributed by atoms with van der Waals surface area (Å²) in [5.41, 5.74) is 1.82. The number of aromatic carboxylic acids is 1. The van der Waals surface area contributed by atoms with Crippen LogP contribution in [0.5, 0.6) is 5.75 Å². The van der Waals surface area contributed by atoms with E-state index in [1.165, 1.54) is 28.8 Å². The number of ether oxygens (including phenoxy) is 1. The number of carbonyl (C=O) groups excluding carboxylic acids is 1. The fourth-order valence-electron chi connectivity index (χ4n) is 2.33. The maximum Gasteiger partial charge on any atom is 0.335 e. The van der Waals surface area contributed by atoms with Gasteiger partial charge in [-0.25, -0.2) is 4.79 Å². The summed E-state index contributed by atoms with van der Waals surface area (Å²) in [6.45, 7) is 0.257. The number of thiocarbonyl (C=S) groups is 1. The van der Waals surface area contributed by atoms with E-state index in [-0.39, 0.29) is 18.1 Å². The van der Waals surface area contributed by atoms with Gasteiger partial charge in [0.2, 0.25) is 0 Å². The van der Waals surface area contributed by atoms with E-state index in [4.69, 9.17) is 33.7 Å². The topological polar surface area (TPSA) is 66.8 Å². The molecule has 0 bridgehead atoms. The van der Waals surface area contributed by atoms with Gasteiger partial charge in [0.1, 0.15) is 16.7 Å². The van der Waals surface area contributed by atoms with Crippen molar-refractivity contribution in [1.29, 1.82) is 0 Å². The lowest BCUT2D eigenvalue weighted by Crippen LogP contribution is -2.22. The molecule has 5 nitrogen and oxygen atoms in total. The molecule has 0 spiro atoms. The molecule has 2 aromatic carbocycles. The minimum Gasteiger partial charge on any atom is -0.487 e. The quantitative estimate of drug-likeness (QED) is 0.570. The number of amides is 1. The minimum atomic E-state index is -0.971. The monoisotopic (exact) mass is 419 g/mol. The number of carboxylic acid groups (broad SMARTS) is 1. The zero-order valence-corrected chi connectivity index (χ0v) is 16.5. The zero-order chi connectivity index (χ0) is 19.6. The van der Waals surface area contributed by atoms with Gasteiger partial charge in [-0.1, -0.05) is 53.8 Å². The predicted octanol–water partition coefficient (Wildman–Crippen LogP) is 4.45. The second kappa shape index (κ2) is 8.12. The smallest absolute Gasteiger partial charge is 0.335 e. The summed E-state index contributed by atoms with van der Waals surface area (Å²) in [5.74, 6) is -0.605. The number of rotatable bonds is 5.